The van der Waals surface area contributed by atoms with Gasteiger partial charge in [0.1, 0.15) is 11.6 Å². The number of nitrogens with zero attached hydrogens (tertiary/aromatic N) is 1. The number of hydrogen-bond donors (Lipinski definition) is 1. The monoisotopic (exact) mass is 398 g/mol. The zero-order valence-corrected chi connectivity index (χ0v) is 16.5. The maximum Gasteiger partial charge on any atom is 0.338 e. The van der Waals surface area contributed by atoms with Crippen LogP contribution in [-0.4, -0.2) is 30.1 Å². The first-order valence-electron chi connectivity index (χ1n) is 9.15. The van der Waals surface area contributed by atoms with E-state index in [4.69, 9.17) is 9.47 Å². The van der Waals surface area contributed by atoms with Gasteiger partial charge in [0.2, 0.25) is 5.91 Å². The van der Waals surface area contributed by atoms with Gasteiger partial charge in [0.25, 0.3) is 0 Å². The number of carbonyl (C=O) groups is 2. The number of ether oxygens (including phenoxy) is 2. The largest absolute Gasteiger partial charge is 0.462 e. The maximum absolute atomic E-state index is 12.0. The summed E-state index contributed by atoms with van der Waals surface area (Å²) in [5, 5.41) is 3.57. The molecular formula is C21H22N2O4S. The number of hydrogen-bond acceptors (Lipinski definition) is 6. The lowest BCUT2D eigenvalue weighted by Gasteiger charge is -2.07. The van der Waals surface area contributed by atoms with Crippen LogP contribution in [0.2, 0.25) is 0 Å². The molecule has 3 aromatic rings. The number of esters is 1. The van der Waals surface area contributed by atoms with E-state index in [0.717, 1.165) is 28.1 Å². The molecule has 0 saturated heterocycles. The van der Waals surface area contributed by atoms with Crippen molar-refractivity contribution in [3.63, 3.8) is 0 Å². The number of fused-ring (bicyclic) bond motifs is 1. The highest BCUT2D eigenvalue weighted by molar-refractivity contribution is 7.18. The second kappa shape index (κ2) is 9.96. The van der Waals surface area contributed by atoms with Crippen LogP contribution in [0.3, 0.4) is 0 Å². The minimum atomic E-state index is -0.356. The van der Waals surface area contributed by atoms with Crippen molar-refractivity contribution in [2.75, 3.05) is 18.5 Å². The van der Waals surface area contributed by atoms with Gasteiger partial charge in [-0.2, -0.15) is 0 Å². The average molecular weight is 398 g/mol. The summed E-state index contributed by atoms with van der Waals surface area (Å²) in [5.74, 6) is -0.620. The van der Waals surface area contributed by atoms with Crippen molar-refractivity contribution in [3.8, 4) is 0 Å². The summed E-state index contributed by atoms with van der Waals surface area (Å²) in [6, 6.07) is 14.5. The number of carbonyl (C=O) groups excluding carboxylic acids is 2. The van der Waals surface area contributed by atoms with Crippen molar-refractivity contribution in [1.29, 1.82) is 0 Å². The van der Waals surface area contributed by atoms with Crippen LogP contribution >= 0.6 is 11.3 Å². The molecule has 1 aromatic heterocycles. The fourth-order valence-corrected chi connectivity index (χ4v) is 3.40. The minimum absolute atomic E-state index is 0.0727. The Morgan fingerprint density at radius 1 is 1.11 bits per heavy atom. The Morgan fingerprint density at radius 2 is 1.89 bits per heavy atom. The number of para-hydroxylation sites is 1. The van der Waals surface area contributed by atoms with Gasteiger partial charge in [-0.3, -0.25) is 4.79 Å². The van der Waals surface area contributed by atoms with Crippen LogP contribution in [0.4, 0.5) is 5.69 Å². The van der Waals surface area contributed by atoms with Gasteiger partial charge < -0.3 is 14.8 Å². The highest BCUT2D eigenvalue weighted by atomic mass is 32.1. The number of aromatic nitrogens is 1. The van der Waals surface area contributed by atoms with Crippen LogP contribution in [0.25, 0.3) is 10.2 Å². The third-order valence-corrected chi connectivity index (χ3v) is 4.94. The van der Waals surface area contributed by atoms with Crippen molar-refractivity contribution in [1.82, 2.24) is 4.98 Å². The van der Waals surface area contributed by atoms with Gasteiger partial charge in [0, 0.05) is 5.69 Å². The van der Waals surface area contributed by atoms with Gasteiger partial charge >= 0.3 is 5.97 Å². The minimum Gasteiger partial charge on any atom is -0.462 e. The third-order valence-electron chi connectivity index (χ3n) is 3.93. The van der Waals surface area contributed by atoms with Crippen molar-refractivity contribution in [2.24, 2.45) is 0 Å². The molecule has 0 saturated carbocycles. The highest BCUT2D eigenvalue weighted by Crippen LogP contribution is 2.21. The lowest BCUT2D eigenvalue weighted by atomic mass is 10.2. The molecule has 0 radical (unpaired) electrons. The SMILES string of the molecule is CCCCOC(=O)c1ccc(NC(=O)COCc2nc3ccccc3s2)cc1. The molecule has 1 amide bonds. The molecule has 0 aliphatic heterocycles. The maximum atomic E-state index is 12.0. The van der Waals surface area contributed by atoms with Crippen LogP contribution in [0.5, 0.6) is 0 Å². The smallest absolute Gasteiger partial charge is 0.338 e. The standard InChI is InChI=1S/C21H22N2O4S/c1-2-3-12-27-21(25)15-8-10-16(11-9-15)22-19(24)13-26-14-20-23-17-6-4-5-7-18(17)28-20/h4-11H,2-3,12-14H2,1H3,(H,22,24). The molecule has 3 rings (SSSR count). The van der Waals surface area contributed by atoms with Gasteiger partial charge in [-0.15, -0.1) is 11.3 Å². The van der Waals surface area contributed by atoms with Gasteiger partial charge in [0.15, 0.2) is 0 Å². The molecule has 0 atom stereocenters. The fourth-order valence-electron chi connectivity index (χ4n) is 2.49. The zero-order chi connectivity index (χ0) is 19.8. The molecule has 0 aliphatic rings. The van der Waals surface area contributed by atoms with Crippen LogP contribution in [0, 0.1) is 0 Å². The molecule has 28 heavy (non-hydrogen) atoms. The summed E-state index contributed by atoms with van der Waals surface area (Å²) < 4.78 is 11.7. The first kappa shape index (κ1) is 20.0. The molecule has 0 fully saturated rings. The second-order valence-electron chi connectivity index (χ2n) is 6.18. The van der Waals surface area contributed by atoms with Gasteiger partial charge in [0.05, 0.1) is 29.0 Å². The number of thiazole rings is 1. The number of nitrogens with one attached hydrogen (secondary N) is 1. The summed E-state index contributed by atoms with van der Waals surface area (Å²) in [4.78, 5) is 28.3. The molecule has 1 heterocycles. The predicted molar refractivity (Wildman–Crippen MR) is 110 cm³/mol. The fraction of sp³-hybridized carbons (Fsp3) is 0.286. The third kappa shape index (κ3) is 5.61. The summed E-state index contributed by atoms with van der Waals surface area (Å²) in [6.45, 7) is 2.67. The van der Waals surface area contributed by atoms with E-state index in [1.54, 1.807) is 35.6 Å². The van der Waals surface area contributed by atoms with E-state index in [1.807, 2.05) is 31.2 Å². The molecule has 2 aromatic carbocycles. The second-order valence-corrected chi connectivity index (χ2v) is 7.30. The van der Waals surface area contributed by atoms with Crippen LogP contribution in [0.15, 0.2) is 48.5 Å². The Labute approximate surface area is 167 Å². The van der Waals surface area contributed by atoms with Crippen molar-refractivity contribution in [3.05, 3.63) is 59.1 Å². The number of benzene rings is 2. The summed E-state index contributed by atoms with van der Waals surface area (Å²) in [5.41, 5.74) is 1.99. The van der Waals surface area contributed by atoms with Crippen LogP contribution in [0.1, 0.15) is 35.1 Å². The van der Waals surface area contributed by atoms with E-state index in [9.17, 15) is 9.59 Å². The Hall–Kier alpha value is -2.77. The van der Waals surface area contributed by atoms with Gasteiger partial charge in [-0.05, 0) is 42.8 Å². The molecule has 6 nitrogen and oxygen atoms in total. The molecular weight excluding hydrogens is 376 g/mol. The molecule has 7 heteroatoms. The van der Waals surface area contributed by atoms with Crippen molar-refractivity contribution < 1.29 is 19.1 Å². The number of amides is 1. The zero-order valence-electron chi connectivity index (χ0n) is 15.6. The first-order valence-corrected chi connectivity index (χ1v) is 9.96. The van der Waals surface area contributed by atoms with E-state index in [0.29, 0.717) is 17.9 Å². The Kier molecular flexibility index (Phi) is 7.11. The topological polar surface area (TPSA) is 77.5 Å². The highest BCUT2D eigenvalue weighted by Gasteiger charge is 2.09. The summed E-state index contributed by atoms with van der Waals surface area (Å²) in [6.07, 6.45) is 1.82. The van der Waals surface area contributed by atoms with Gasteiger partial charge in [-0.25, -0.2) is 9.78 Å². The average Bonchev–Trinajstić information content (AvgIpc) is 3.11. The number of anilines is 1. The van der Waals surface area contributed by atoms with Crippen LogP contribution in [-0.2, 0) is 20.9 Å². The number of rotatable bonds is 9. The first-order chi connectivity index (χ1) is 13.7. The van der Waals surface area contributed by atoms with Crippen LogP contribution < -0.4 is 5.32 Å². The molecule has 0 unspecified atom stereocenters. The lowest BCUT2D eigenvalue weighted by molar-refractivity contribution is -0.121. The van der Waals surface area contributed by atoms with Crippen molar-refractivity contribution >= 4 is 39.1 Å². The van der Waals surface area contributed by atoms with E-state index >= 15 is 0 Å². The van der Waals surface area contributed by atoms with E-state index in [-0.39, 0.29) is 25.1 Å². The summed E-state index contributed by atoms with van der Waals surface area (Å²) >= 11 is 1.55. The normalized spacial score (nSPS) is 10.8. The predicted octanol–water partition coefficient (Wildman–Crippen LogP) is 4.41. The molecule has 0 spiro atoms. The molecule has 1 N–H and O–H groups in total. The summed E-state index contributed by atoms with van der Waals surface area (Å²) in [7, 11) is 0. The van der Waals surface area contributed by atoms with E-state index in [2.05, 4.69) is 10.3 Å². The number of unbranched alkanes of at least 4 members (excludes halogenated alkanes) is 1. The molecule has 0 aliphatic carbocycles. The van der Waals surface area contributed by atoms with E-state index < -0.39 is 0 Å². The van der Waals surface area contributed by atoms with E-state index in [1.165, 1.54) is 0 Å². The quantitative estimate of drug-likeness (QED) is 0.427. The molecule has 0 bridgehead atoms. The Balaban J connectivity index is 1.43. The van der Waals surface area contributed by atoms with Gasteiger partial charge in [-0.1, -0.05) is 25.5 Å². The lowest BCUT2D eigenvalue weighted by Crippen LogP contribution is -2.18. The Morgan fingerprint density at radius 3 is 2.64 bits per heavy atom. The molecule has 146 valence electrons. The van der Waals surface area contributed by atoms with Crippen molar-refractivity contribution in [2.45, 2.75) is 26.4 Å². The Bertz CT molecular complexity index is 904.